The zero-order valence-electron chi connectivity index (χ0n) is 14.7. The Morgan fingerprint density at radius 3 is 2.88 bits per heavy atom. The van der Waals surface area contributed by atoms with Crippen molar-refractivity contribution in [2.45, 2.75) is 38.1 Å². The number of hydrogen-bond donors (Lipinski definition) is 0. The number of hydrogen-bond acceptors (Lipinski definition) is 3. The Hall–Kier alpha value is -2.24. The molecular weight excluding hydrogens is 331 g/mol. The van der Waals surface area contributed by atoms with Gasteiger partial charge in [-0.15, -0.1) is 6.58 Å². The normalized spacial score (nSPS) is 32.4. The molecule has 0 amide bonds. The van der Waals surface area contributed by atoms with Crippen molar-refractivity contribution < 1.29 is 13.9 Å². The van der Waals surface area contributed by atoms with Gasteiger partial charge in [-0.25, -0.2) is 9.07 Å². The molecule has 0 bridgehead atoms. The SMILES string of the molecule is C=C[C@H]1CO[C@]2(CCC3=Cc4c(cnn4-c4ccc(F)cc4)C[C@@]32C)O1. The van der Waals surface area contributed by atoms with Gasteiger partial charge in [-0.2, -0.15) is 5.10 Å². The minimum Gasteiger partial charge on any atom is -0.346 e. The van der Waals surface area contributed by atoms with Crippen LogP contribution >= 0.6 is 0 Å². The van der Waals surface area contributed by atoms with Gasteiger partial charge < -0.3 is 9.47 Å². The topological polar surface area (TPSA) is 36.3 Å². The molecule has 0 radical (unpaired) electrons. The molecule has 2 heterocycles. The van der Waals surface area contributed by atoms with Crippen LogP contribution in [0.25, 0.3) is 11.8 Å². The van der Waals surface area contributed by atoms with Gasteiger partial charge in [0.2, 0.25) is 0 Å². The van der Waals surface area contributed by atoms with Gasteiger partial charge in [0.15, 0.2) is 5.79 Å². The van der Waals surface area contributed by atoms with E-state index in [4.69, 9.17) is 9.47 Å². The molecule has 3 aliphatic rings. The second kappa shape index (κ2) is 5.38. The Balaban J connectivity index is 1.55. The van der Waals surface area contributed by atoms with Crippen LogP contribution < -0.4 is 0 Å². The highest BCUT2D eigenvalue weighted by molar-refractivity contribution is 5.62. The molecule has 134 valence electrons. The molecule has 0 unspecified atom stereocenters. The first-order valence-corrected chi connectivity index (χ1v) is 9.03. The summed E-state index contributed by atoms with van der Waals surface area (Å²) >= 11 is 0. The van der Waals surface area contributed by atoms with Crippen LogP contribution in [0.1, 0.15) is 31.0 Å². The maximum absolute atomic E-state index is 13.2. The molecule has 1 aromatic carbocycles. The van der Waals surface area contributed by atoms with Crippen molar-refractivity contribution in [3.05, 3.63) is 65.8 Å². The lowest BCUT2D eigenvalue weighted by atomic mass is 9.72. The van der Waals surface area contributed by atoms with Crippen molar-refractivity contribution in [1.29, 1.82) is 0 Å². The summed E-state index contributed by atoms with van der Waals surface area (Å²) in [6.07, 6.45) is 8.51. The summed E-state index contributed by atoms with van der Waals surface area (Å²) in [4.78, 5) is 0. The zero-order chi connectivity index (χ0) is 17.9. The first kappa shape index (κ1) is 16.0. The quantitative estimate of drug-likeness (QED) is 0.765. The largest absolute Gasteiger partial charge is 0.346 e. The van der Waals surface area contributed by atoms with E-state index in [2.05, 4.69) is 24.7 Å². The molecule has 3 atom stereocenters. The maximum atomic E-state index is 13.2. The van der Waals surface area contributed by atoms with Crippen LogP contribution in [0, 0.1) is 11.2 Å². The molecule has 1 saturated carbocycles. The van der Waals surface area contributed by atoms with E-state index in [0.717, 1.165) is 36.2 Å². The van der Waals surface area contributed by atoms with E-state index < -0.39 is 5.79 Å². The molecule has 5 rings (SSSR count). The van der Waals surface area contributed by atoms with E-state index in [-0.39, 0.29) is 17.3 Å². The molecule has 26 heavy (non-hydrogen) atoms. The smallest absolute Gasteiger partial charge is 0.178 e. The van der Waals surface area contributed by atoms with Gasteiger partial charge in [-0.05, 0) is 48.7 Å². The lowest BCUT2D eigenvalue weighted by molar-refractivity contribution is -0.214. The zero-order valence-corrected chi connectivity index (χ0v) is 14.7. The number of benzene rings is 1. The molecule has 2 aromatic rings. The van der Waals surface area contributed by atoms with E-state index in [1.54, 1.807) is 12.1 Å². The van der Waals surface area contributed by atoms with Gasteiger partial charge in [-0.1, -0.05) is 18.6 Å². The summed E-state index contributed by atoms with van der Waals surface area (Å²) in [5.74, 6) is -0.821. The summed E-state index contributed by atoms with van der Waals surface area (Å²) in [5.41, 5.74) is 4.23. The Bertz CT molecular complexity index is 917. The molecule has 2 fully saturated rings. The fourth-order valence-electron chi connectivity index (χ4n) is 4.66. The summed E-state index contributed by atoms with van der Waals surface area (Å²) in [7, 11) is 0. The van der Waals surface area contributed by atoms with Crippen LogP contribution in [0.4, 0.5) is 4.39 Å². The lowest BCUT2D eigenvalue weighted by Crippen LogP contribution is -2.46. The Labute approximate surface area is 151 Å². The van der Waals surface area contributed by atoms with E-state index in [1.165, 1.54) is 17.7 Å². The summed E-state index contributed by atoms with van der Waals surface area (Å²) < 4.78 is 27.6. The highest BCUT2D eigenvalue weighted by Crippen LogP contribution is 2.59. The molecule has 1 aromatic heterocycles. The molecule has 4 nitrogen and oxygen atoms in total. The third-order valence-electron chi connectivity index (χ3n) is 6.17. The van der Waals surface area contributed by atoms with Gasteiger partial charge in [0, 0.05) is 11.8 Å². The number of rotatable bonds is 2. The Kier molecular flexibility index (Phi) is 3.30. The van der Waals surface area contributed by atoms with Crippen molar-refractivity contribution in [3.63, 3.8) is 0 Å². The molecule has 5 heteroatoms. The molecule has 2 aliphatic carbocycles. The van der Waals surface area contributed by atoms with Gasteiger partial charge in [0.25, 0.3) is 0 Å². The van der Waals surface area contributed by atoms with Gasteiger partial charge in [0.1, 0.15) is 11.9 Å². The number of halogens is 1. The highest BCUT2D eigenvalue weighted by atomic mass is 19.1. The van der Waals surface area contributed by atoms with Crippen molar-refractivity contribution in [1.82, 2.24) is 9.78 Å². The highest BCUT2D eigenvalue weighted by Gasteiger charge is 2.61. The lowest BCUT2D eigenvalue weighted by Gasteiger charge is -2.41. The van der Waals surface area contributed by atoms with Gasteiger partial charge in [0.05, 0.1) is 24.2 Å². The fraction of sp³-hybridized carbons (Fsp3) is 0.381. The van der Waals surface area contributed by atoms with E-state index >= 15 is 0 Å². The molecule has 0 N–H and O–H groups in total. The Morgan fingerprint density at radius 1 is 1.35 bits per heavy atom. The van der Waals surface area contributed by atoms with Crippen LogP contribution in [-0.4, -0.2) is 28.3 Å². The standard InChI is InChI=1S/C21H21FN2O2/c1-3-18-13-25-21(26-18)9-8-15-10-19-14(11-20(15,21)2)12-23-24(19)17-6-4-16(22)5-7-17/h3-7,10,12,18H,1,8-9,11,13H2,2H3/t18-,20-,21+/m0/s1. The van der Waals surface area contributed by atoms with Crippen LogP contribution in [0.5, 0.6) is 0 Å². The monoisotopic (exact) mass is 352 g/mol. The number of nitrogens with zero attached hydrogens (tertiary/aromatic N) is 2. The fourth-order valence-corrected chi connectivity index (χ4v) is 4.66. The predicted molar refractivity (Wildman–Crippen MR) is 96.3 cm³/mol. The number of fused-ring (bicyclic) bond motifs is 3. The van der Waals surface area contributed by atoms with Crippen LogP contribution in [-0.2, 0) is 15.9 Å². The average Bonchev–Trinajstić information content (AvgIpc) is 3.31. The minimum atomic E-state index is -0.576. The average molecular weight is 352 g/mol. The molecule has 1 aliphatic heterocycles. The molecular formula is C21H21FN2O2. The first-order chi connectivity index (χ1) is 12.5. The number of aromatic nitrogens is 2. The van der Waals surface area contributed by atoms with Crippen LogP contribution in [0.2, 0.25) is 0 Å². The third-order valence-corrected chi connectivity index (χ3v) is 6.17. The van der Waals surface area contributed by atoms with Crippen LogP contribution in [0.15, 0.2) is 48.7 Å². The van der Waals surface area contributed by atoms with Crippen molar-refractivity contribution in [3.8, 4) is 5.69 Å². The van der Waals surface area contributed by atoms with Crippen molar-refractivity contribution in [2.75, 3.05) is 6.61 Å². The second-order valence-corrected chi connectivity index (χ2v) is 7.58. The first-order valence-electron chi connectivity index (χ1n) is 9.03. The summed E-state index contributed by atoms with van der Waals surface area (Å²) in [6.45, 7) is 6.64. The second-order valence-electron chi connectivity index (χ2n) is 7.58. The van der Waals surface area contributed by atoms with Gasteiger partial charge >= 0.3 is 0 Å². The third kappa shape index (κ3) is 2.04. The van der Waals surface area contributed by atoms with E-state index in [9.17, 15) is 4.39 Å². The van der Waals surface area contributed by atoms with E-state index in [1.807, 2.05) is 17.0 Å². The Morgan fingerprint density at radius 2 is 2.15 bits per heavy atom. The maximum Gasteiger partial charge on any atom is 0.178 e. The number of ether oxygens (including phenoxy) is 2. The van der Waals surface area contributed by atoms with Gasteiger partial charge in [-0.3, -0.25) is 0 Å². The van der Waals surface area contributed by atoms with E-state index in [0.29, 0.717) is 6.61 Å². The van der Waals surface area contributed by atoms with Crippen LogP contribution in [0.3, 0.4) is 0 Å². The summed E-state index contributed by atoms with van der Waals surface area (Å²) in [5, 5.41) is 4.55. The minimum absolute atomic E-state index is 0.0467. The molecule has 1 saturated heterocycles. The van der Waals surface area contributed by atoms with Crippen molar-refractivity contribution in [2.24, 2.45) is 5.41 Å². The molecule has 1 spiro atoms. The summed E-state index contributed by atoms with van der Waals surface area (Å²) in [6, 6.07) is 6.43. The van der Waals surface area contributed by atoms with Crippen molar-refractivity contribution >= 4 is 6.08 Å². The predicted octanol–water partition coefficient (Wildman–Crippen LogP) is 4.05.